The summed E-state index contributed by atoms with van der Waals surface area (Å²) in [5.74, 6) is -2.77. The van der Waals surface area contributed by atoms with Crippen molar-refractivity contribution in [2.75, 3.05) is 19.6 Å². The zero-order chi connectivity index (χ0) is 21.1. The van der Waals surface area contributed by atoms with Crippen LogP contribution in [-0.2, 0) is 6.42 Å². The van der Waals surface area contributed by atoms with E-state index in [2.05, 4.69) is 34.1 Å². The van der Waals surface area contributed by atoms with Crippen molar-refractivity contribution < 1.29 is 13.2 Å². The molecule has 1 aliphatic rings. The largest absolute Gasteiger partial charge is 0.299 e. The van der Waals surface area contributed by atoms with Crippen molar-refractivity contribution in [2.45, 2.75) is 19.8 Å². The number of nitrogens with zero attached hydrogens (tertiary/aromatic N) is 2. The maximum Gasteiger partial charge on any atom is 0.164 e. The van der Waals surface area contributed by atoms with Crippen molar-refractivity contribution in [3.05, 3.63) is 95.1 Å². The quantitative estimate of drug-likeness (QED) is 0.496. The van der Waals surface area contributed by atoms with Crippen molar-refractivity contribution in [3.63, 3.8) is 0 Å². The summed E-state index contributed by atoms with van der Waals surface area (Å²) in [6.07, 6.45) is 7.05. The van der Waals surface area contributed by atoms with E-state index in [0.29, 0.717) is 13.0 Å². The van der Waals surface area contributed by atoms with Gasteiger partial charge in [0.2, 0.25) is 0 Å². The van der Waals surface area contributed by atoms with E-state index in [-0.39, 0.29) is 11.1 Å². The summed E-state index contributed by atoms with van der Waals surface area (Å²) >= 11 is 0. The van der Waals surface area contributed by atoms with Gasteiger partial charge in [-0.25, -0.2) is 13.2 Å². The van der Waals surface area contributed by atoms with Gasteiger partial charge < -0.3 is 0 Å². The van der Waals surface area contributed by atoms with Crippen LogP contribution in [0.15, 0.2) is 60.9 Å². The first-order chi connectivity index (χ1) is 14.5. The highest BCUT2D eigenvalue weighted by Gasteiger charge is 2.20. The Kier molecular flexibility index (Phi) is 6.00. The fourth-order valence-electron chi connectivity index (χ4n) is 3.85. The molecule has 0 N–H and O–H groups in total. The zero-order valence-electron chi connectivity index (χ0n) is 16.8. The first kappa shape index (κ1) is 20.4. The van der Waals surface area contributed by atoms with Gasteiger partial charge in [0.15, 0.2) is 11.6 Å². The lowest BCUT2D eigenvalue weighted by Crippen LogP contribution is -2.30. The standard InChI is InChI=1S/C25H23F3N2/c1-17-24(27)22(15-23(26)25(17)28)19-8-12-30(13-9-19)11-7-18-4-2-5-20(14-18)21-6-3-10-29-16-21/h2-6,8,10,14-16H,7,9,11-13H2,1H3. The van der Waals surface area contributed by atoms with Crippen LogP contribution in [0.1, 0.15) is 23.1 Å². The van der Waals surface area contributed by atoms with E-state index in [0.717, 1.165) is 42.3 Å². The number of hydrogen-bond donors (Lipinski definition) is 0. The summed E-state index contributed by atoms with van der Waals surface area (Å²) in [7, 11) is 0. The lowest BCUT2D eigenvalue weighted by molar-refractivity contribution is 0.305. The van der Waals surface area contributed by atoms with Crippen LogP contribution in [0.5, 0.6) is 0 Å². The maximum absolute atomic E-state index is 14.4. The monoisotopic (exact) mass is 408 g/mol. The van der Waals surface area contributed by atoms with E-state index in [4.69, 9.17) is 0 Å². The first-order valence-corrected chi connectivity index (χ1v) is 10.1. The topological polar surface area (TPSA) is 16.1 Å². The molecule has 154 valence electrons. The summed E-state index contributed by atoms with van der Waals surface area (Å²) in [4.78, 5) is 6.46. The van der Waals surface area contributed by atoms with Crippen LogP contribution >= 0.6 is 0 Å². The van der Waals surface area contributed by atoms with Crippen LogP contribution in [0.4, 0.5) is 13.2 Å². The Morgan fingerprint density at radius 3 is 2.57 bits per heavy atom. The number of rotatable bonds is 5. The van der Waals surface area contributed by atoms with Crippen LogP contribution in [0, 0.1) is 24.4 Å². The lowest BCUT2D eigenvalue weighted by atomic mass is 9.96. The number of hydrogen-bond acceptors (Lipinski definition) is 2. The summed E-state index contributed by atoms with van der Waals surface area (Å²) in [5, 5.41) is 0. The molecule has 1 aromatic heterocycles. The molecule has 3 aromatic rings. The Hall–Kier alpha value is -2.92. The molecular weight excluding hydrogens is 385 g/mol. The second-order valence-corrected chi connectivity index (χ2v) is 7.63. The van der Waals surface area contributed by atoms with E-state index in [1.807, 2.05) is 24.4 Å². The van der Waals surface area contributed by atoms with Crippen molar-refractivity contribution >= 4 is 5.57 Å². The summed E-state index contributed by atoms with van der Waals surface area (Å²) in [6.45, 7) is 3.56. The second kappa shape index (κ2) is 8.84. The van der Waals surface area contributed by atoms with Gasteiger partial charge in [-0.1, -0.05) is 36.4 Å². The van der Waals surface area contributed by atoms with Gasteiger partial charge in [0, 0.05) is 43.2 Å². The van der Waals surface area contributed by atoms with E-state index in [1.54, 1.807) is 6.20 Å². The SMILES string of the molecule is Cc1c(F)c(F)cc(C2=CCN(CCc3cccc(-c4cccnc4)c3)CC2)c1F. The Morgan fingerprint density at radius 1 is 1.00 bits per heavy atom. The fourth-order valence-corrected chi connectivity index (χ4v) is 3.85. The van der Waals surface area contributed by atoms with Crippen molar-refractivity contribution in [1.29, 1.82) is 0 Å². The van der Waals surface area contributed by atoms with E-state index < -0.39 is 17.5 Å². The van der Waals surface area contributed by atoms with Crippen LogP contribution < -0.4 is 0 Å². The Morgan fingerprint density at radius 2 is 1.83 bits per heavy atom. The molecule has 0 unspecified atom stereocenters. The molecule has 0 radical (unpaired) electrons. The highest BCUT2D eigenvalue weighted by atomic mass is 19.2. The average Bonchev–Trinajstić information content (AvgIpc) is 2.80. The van der Waals surface area contributed by atoms with Gasteiger partial charge in [-0.05, 0) is 54.2 Å². The lowest BCUT2D eigenvalue weighted by Gasteiger charge is -2.27. The van der Waals surface area contributed by atoms with Crippen molar-refractivity contribution in [2.24, 2.45) is 0 Å². The third-order valence-electron chi connectivity index (χ3n) is 5.65. The molecule has 0 spiro atoms. The third kappa shape index (κ3) is 4.31. The van der Waals surface area contributed by atoms with E-state index in [1.165, 1.54) is 12.5 Å². The predicted molar refractivity (Wildman–Crippen MR) is 113 cm³/mol. The Balaban J connectivity index is 1.41. The third-order valence-corrected chi connectivity index (χ3v) is 5.65. The number of benzene rings is 2. The van der Waals surface area contributed by atoms with Gasteiger partial charge >= 0.3 is 0 Å². The number of pyridine rings is 1. The predicted octanol–water partition coefficient (Wildman–Crippen LogP) is 5.81. The Labute approximate surface area is 174 Å². The van der Waals surface area contributed by atoms with Crippen LogP contribution in [0.25, 0.3) is 16.7 Å². The minimum atomic E-state index is -1.11. The zero-order valence-corrected chi connectivity index (χ0v) is 16.8. The molecule has 0 saturated heterocycles. The average molecular weight is 408 g/mol. The number of aromatic nitrogens is 1. The summed E-state index contributed by atoms with van der Waals surface area (Å²) < 4.78 is 41.7. The minimum absolute atomic E-state index is 0.176. The van der Waals surface area contributed by atoms with Gasteiger partial charge in [-0.15, -0.1) is 0 Å². The van der Waals surface area contributed by atoms with Gasteiger partial charge in [-0.3, -0.25) is 9.88 Å². The van der Waals surface area contributed by atoms with Gasteiger partial charge in [0.1, 0.15) is 5.82 Å². The second-order valence-electron chi connectivity index (χ2n) is 7.63. The molecule has 0 amide bonds. The van der Waals surface area contributed by atoms with Crippen LogP contribution in [0.2, 0.25) is 0 Å². The van der Waals surface area contributed by atoms with Crippen molar-refractivity contribution in [3.8, 4) is 11.1 Å². The van der Waals surface area contributed by atoms with E-state index >= 15 is 0 Å². The normalized spacial score (nSPS) is 14.6. The summed E-state index contributed by atoms with van der Waals surface area (Å²) in [5.41, 5.74) is 4.13. The molecule has 30 heavy (non-hydrogen) atoms. The smallest absolute Gasteiger partial charge is 0.164 e. The van der Waals surface area contributed by atoms with Gasteiger partial charge in [-0.2, -0.15) is 0 Å². The molecule has 4 rings (SSSR count). The molecule has 2 nitrogen and oxygen atoms in total. The molecule has 5 heteroatoms. The number of halogens is 3. The van der Waals surface area contributed by atoms with Crippen molar-refractivity contribution in [1.82, 2.24) is 9.88 Å². The van der Waals surface area contributed by atoms with Gasteiger partial charge in [0.05, 0.1) is 0 Å². The fraction of sp³-hybridized carbons (Fsp3) is 0.240. The molecule has 2 aromatic carbocycles. The molecule has 0 saturated carbocycles. The molecular formula is C25H23F3N2. The molecule has 0 bridgehead atoms. The maximum atomic E-state index is 14.4. The van der Waals surface area contributed by atoms with Gasteiger partial charge in [0.25, 0.3) is 0 Å². The molecule has 0 aliphatic carbocycles. The Bertz CT molecular complexity index is 1080. The molecule has 1 aliphatic heterocycles. The summed E-state index contributed by atoms with van der Waals surface area (Å²) in [6, 6.07) is 13.4. The van der Waals surface area contributed by atoms with Crippen LogP contribution in [0.3, 0.4) is 0 Å². The molecule has 0 atom stereocenters. The molecule has 2 heterocycles. The highest BCUT2D eigenvalue weighted by molar-refractivity contribution is 5.68. The van der Waals surface area contributed by atoms with Crippen LogP contribution in [-0.4, -0.2) is 29.5 Å². The van der Waals surface area contributed by atoms with E-state index in [9.17, 15) is 13.2 Å². The minimum Gasteiger partial charge on any atom is -0.299 e. The molecule has 0 fully saturated rings. The first-order valence-electron chi connectivity index (χ1n) is 10.1. The highest BCUT2D eigenvalue weighted by Crippen LogP contribution is 2.29.